The quantitative estimate of drug-likeness (QED) is 0.743. The second-order valence-corrected chi connectivity index (χ2v) is 5.74. The van der Waals surface area contributed by atoms with Crippen LogP contribution < -0.4 is 5.32 Å². The van der Waals surface area contributed by atoms with E-state index in [2.05, 4.69) is 10.3 Å². The first-order valence-corrected chi connectivity index (χ1v) is 7.00. The number of carbonyl (C=O) groups excluding carboxylic acids is 1. The highest BCUT2D eigenvalue weighted by Gasteiger charge is 2.34. The lowest BCUT2D eigenvalue weighted by Gasteiger charge is -2.04. The summed E-state index contributed by atoms with van der Waals surface area (Å²) in [6.45, 7) is 0. The second-order valence-electron chi connectivity index (χ2n) is 4.67. The fourth-order valence-corrected chi connectivity index (χ4v) is 3.58. The van der Waals surface area contributed by atoms with Crippen LogP contribution in [-0.4, -0.2) is 10.9 Å². The van der Waals surface area contributed by atoms with E-state index >= 15 is 0 Å². The molecule has 0 fully saturated rings. The number of thiazole rings is 1. The summed E-state index contributed by atoms with van der Waals surface area (Å²) in [5, 5.41) is 3.48. The Morgan fingerprint density at radius 3 is 2.90 bits per heavy atom. The van der Waals surface area contributed by atoms with E-state index in [1.165, 1.54) is 23.5 Å². The molecule has 4 rings (SSSR count). The van der Waals surface area contributed by atoms with Gasteiger partial charge in [0.1, 0.15) is 16.7 Å². The second kappa shape index (κ2) is 4.11. The van der Waals surface area contributed by atoms with Gasteiger partial charge in [0.05, 0.1) is 10.2 Å². The molecule has 1 unspecified atom stereocenters. The minimum absolute atomic E-state index is 0.148. The van der Waals surface area contributed by atoms with Gasteiger partial charge in [-0.2, -0.15) is 0 Å². The van der Waals surface area contributed by atoms with E-state index in [0.717, 1.165) is 10.2 Å². The molecule has 2 aromatic carbocycles. The number of para-hydroxylation sites is 1. The predicted octanol–water partition coefficient (Wildman–Crippen LogP) is 3.52. The van der Waals surface area contributed by atoms with Crippen LogP contribution in [0.2, 0.25) is 0 Å². The monoisotopic (exact) mass is 284 g/mol. The van der Waals surface area contributed by atoms with E-state index in [0.29, 0.717) is 16.3 Å². The van der Waals surface area contributed by atoms with E-state index in [-0.39, 0.29) is 11.7 Å². The number of fused-ring (bicyclic) bond motifs is 2. The maximum Gasteiger partial charge on any atom is 0.238 e. The largest absolute Gasteiger partial charge is 0.325 e. The molecule has 0 spiro atoms. The molecule has 20 heavy (non-hydrogen) atoms. The number of anilines is 1. The van der Waals surface area contributed by atoms with Crippen molar-refractivity contribution in [2.24, 2.45) is 0 Å². The average molecular weight is 284 g/mol. The molecule has 2 heterocycles. The smallest absolute Gasteiger partial charge is 0.238 e. The highest BCUT2D eigenvalue weighted by atomic mass is 32.1. The normalized spacial score (nSPS) is 17.2. The van der Waals surface area contributed by atoms with Crippen LogP contribution in [0, 0.1) is 5.82 Å². The predicted molar refractivity (Wildman–Crippen MR) is 76.5 cm³/mol. The number of amides is 1. The third-order valence-electron chi connectivity index (χ3n) is 3.40. The average Bonchev–Trinajstić information content (AvgIpc) is 2.97. The Morgan fingerprint density at radius 2 is 2.05 bits per heavy atom. The van der Waals surface area contributed by atoms with Crippen LogP contribution in [0.5, 0.6) is 0 Å². The van der Waals surface area contributed by atoms with Gasteiger partial charge in [-0.15, -0.1) is 11.3 Å². The lowest BCUT2D eigenvalue weighted by atomic mass is 10.0. The summed E-state index contributed by atoms with van der Waals surface area (Å²) in [6, 6.07) is 12.1. The standard InChI is InChI=1S/C15H9FN2OS/c16-8-5-6-10-9(7-8)13(14(19)17-10)15-18-11-3-1-2-4-12(11)20-15/h1-7,13H,(H,17,19). The molecule has 3 aromatic rings. The van der Waals surface area contributed by atoms with Gasteiger partial charge in [0, 0.05) is 5.69 Å². The van der Waals surface area contributed by atoms with Crippen molar-refractivity contribution in [2.75, 3.05) is 5.32 Å². The van der Waals surface area contributed by atoms with Gasteiger partial charge in [0.25, 0.3) is 0 Å². The maximum atomic E-state index is 13.4. The van der Waals surface area contributed by atoms with E-state index in [4.69, 9.17) is 0 Å². The lowest BCUT2D eigenvalue weighted by molar-refractivity contribution is -0.116. The van der Waals surface area contributed by atoms with E-state index in [9.17, 15) is 9.18 Å². The van der Waals surface area contributed by atoms with E-state index in [1.807, 2.05) is 24.3 Å². The highest BCUT2D eigenvalue weighted by Crippen LogP contribution is 2.40. The van der Waals surface area contributed by atoms with E-state index < -0.39 is 5.92 Å². The fraction of sp³-hybridized carbons (Fsp3) is 0.0667. The minimum Gasteiger partial charge on any atom is -0.325 e. The SMILES string of the molecule is O=C1Nc2ccc(F)cc2C1c1nc2ccccc2s1. The van der Waals surface area contributed by atoms with Crippen molar-refractivity contribution in [1.82, 2.24) is 4.98 Å². The van der Waals surface area contributed by atoms with Crippen LogP contribution in [0.15, 0.2) is 42.5 Å². The van der Waals surface area contributed by atoms with Gasteiger partial charge in [-0.1, -0.05) is 12.1 Å². The summed E-state index contributed by atoms with van der Waals surface area (Å²) in [5.41, 5.74) is 2.19. The molecular formula is C15H9FN2OS. The van der Waals surface area contributed by atoms with Gasteiger partial charge in [-0.3, -0.25) is 4.79 Å². The zero-order chi connectivity index (χ0) is 13.7. The van der Waals surface area contributed by atoms with Crippen molar-refractivity contribution >= 4 is 33.1 Å². The number of halogens is 1. The Hall–Kier alpha value is -2.27. The molecule has 98 valence electrons. The lowest BCUT2D eigenvalue weighted by Crippen LogP contribution is -2.12. The number of hydrogen-bond donors (Lipinski definition) is 1. The first-order chi connectivity index (χ1) is 9.72. The molecule has 1 aromatic heterocycles. The fourth-order valence-electron chi connectivity index (χ4n) is 2.49. The molecule has 3 nitrogen and oxygen atoms in total. The van der Waals surface area contributed by atoms with Crippen molar-refractivity contribution in [3.8, 4) is 0 Å². The van der Waals surface area contributed by atoms with E-state index in [1.54, 1.807) is 6.07 Å². The summed E-state index contributed by atoms with van der Waals surface area (Å²) in [7, 11) is 0. The molecule has 1 amide bonds. The van der Waals surface area contributed by atoms with Gasteiger partial charge in [0.15, 0.2) is 0 Å². The number of nitrogens with zero attached hydrogens (tertiary/aromatic N) is 1. The van der Waals surface area contributed by atoms with Crippen LogP contribution >= 0.6 is 11.3 Å². The summed E-state index contributed by atoms with van der Waals surface area (Å²) >= 11 is 1.47. The van der Waals surface area contributed by atoms with Crippen LogP contribution in [0.3, 0.4) is 0 Å². The first kappa shape index (κ1) is 11.5. The minimum atomic E-state index is -0.516. The van der Waals surface area contributed by atoms with Gasteiger partial charge in [0.2, 0.25) is 5.91 Å². The third-order valence-corrected chi connectivity index (χ3v) is 4.50. The summed E-state index contributed by atoms with van der Waals surface area (Å²) in [5.74, 6) is -1.01. The summed E-state index contributed by atoms with van der Waals surface area (Å²) in [4.78, 5) is 16.7. The van der Waals surface area contributed by atoms with Gasteiger partial charge >= 0.3 is 0 Å². The van der Waals surface area contributed by atoms with Crippen molar-refractivity contribution in [1.29, 1.82) is 0 Å². The molecule has 5 heteroatoms. The van der Waals surface area contributed by atoms with Crippen molar-refractivity contribution in [2.45, 2.75) is 5.92 Å². The Morgan fingerprint density at radius 1 is 1.20 bits per heavy atom. The van der Waals surface area contributed by atoms with Crippen LogP contribution in [-0.2, 0) is 4.79 Å². The summed E-state index contributed by atoms with van der Waals surface area (Å²) in [6.07, 6.45) is 0. The number of nitrogens with one attached hydrogen (secondary N) is 1. The Kier molecular flexibility index (Phi) is 2.37. The van der Waals surface area contributed by atoms with Gasteiger partial charge < -0.3 is 5.32 Å². The molecule has 0 radical (unpaired) electrons. The number of aromatic nitrogens is 1. The summed E-state index contributed by atoms with van der Waals surface area (Å²) < 4.78 is 14.5. The molecule has 0 bridgehead atoms. The molecule has 1 N–H and O–H groups in total. The third kappa shape index (κ3) is 1.63. The Labute approximate surface area is 118 Å². The zero-order valence-electron chi connectivity index (χ0n) is 10.3. The van der Waals surface area contributed by atoms with Gasteiger partial charge in [-0.25, -0.2) is 9.37 Å². The number of rotatable bonds is 1. The zero-order valence-corrected chi connectivity index (χ0v) is 11.1. The van der Waals surface area contributed by atoms with Crippen LogP contribution in [0.25, 0.3) is 10.2 Å². The Balaban J connectivity index is 1.90. The number of benzene rings is 2. The molecule has 0 aliphatic carbocycles. The van der Waals surface area contributed by atoms with Crippen LogP contribution in [0.4, 0.5) is 10.1 Å². The van der Waals surface area contributed by atoms with Crippen molar-refractivity contribution in [3.05, 3.63) is 58.9 Å². The molecule has 0 saturated carbocycles. The number of hydrogen-bond acceptors (Lipinski definition) is 3. The topological polar surface area (TPSA) is 42.0 Å². The Bertz CT molecular complexity index is 810. The van der Waals surface area contributed by atoms with Gasteiger partial charge in [-0.05, 0) is 35.9 Å². The molecule has 1 atom stereocenters. The van der Waals surface area contributed by atoms with Crippen molar-refractivity contribution in [3.63, 3.8) is 0 Å². The molecule has 1 aliphatic rings. The molecule has 1 aliphatic heterocycles. The van der Waals surface area contributed by atoms with Crippen LogP contribution in [0.1, 0.15) is 16.5 Å². The number of carbonyl (C=O) groups is 1. The maximum absolute atomic E-state index is 13.4. The molecular weight excluding hydrogens is 275 g/mol. The van der Waals surface area contributed by atoms with Crippen molar-refractivity contribution < 1.29 is 9.18 Å². The highest BCUT2D eigenvalue weighted by molar-refractivity contribution is 7.18. The first-order valence-electron chi connectivity index (χ1n) is 6.18. The molecule has 0 saturated heterocycles.